The van der Waals surface area contributed by atoms with Crippen molar-refractivity contribution >= 4 is 12.1 Å². The van der Waals surface area contributed by atoms with Crippen molar-refractivity contribution in [1.29, 1.82) is 0 Å². The number of benzene rings is 1. The fourth-order valence-corrected chi connectivity index (χ4v) is 5.32. The zero-order valence-electron chi connectivity index (χ0n) is 16.5. The molecule has 1 saturated carbocycles. The van der Waals surface area contributed by atoms with Gasteiger partial charge in [-0.2, -0.15) is 0 Å². The number of carbonyl (C=O) groups is 2. The zero-order chi connectivity index (χ0) is 20.4. The van der Waals surface area contributed by atoms with Gasteiger partial charge in [-0.25, -0.2) is 0 Å². The minimum Gasteiger partial charge on any atom is -0.507 e. The summed E-state index contributed by atoms with van der Waals surface area (Å²) in [6, 6.07) is 0. The van der Waals surface area contributed by atoms with E-state index in [1.54, 1.807) is 0 Å². The second-order valence-electron chi connectivity index (χ2n) is 9.09. The Morgan fingerprint density at radius 3 is 2.33 bits per heavy atom. The Bertz CT molecular complexity index is 817. The van der Waals surface area contributed by atoms with Crippen LogP contribution in [0.5, 0.6) is 17.2 Å². The van der Waals surface area contributed by atoms with E-state index in [2.05, 4.69) is 0 Å². The number of carbonyl (C=O) groups excluding carboxylic acids is 2. The monoisotopic (exact) mass is 376 g/mol. The molecule has 1 aromatic rings. The Morgan fingerprint density at radius 2 is 1.81 bits per heavy atom. The largest absolute Gasteiger partial charge is 0.507 e. The molecule has 27 heavy (non-hydrogen) atoms. The smallest absolute Gasteiger partial charge is 0.170 e. The van der Waals surface area contributed by atoms with Gasteiger partial charge in [-0.3, -0.25) is 4.79 Å². The Labute approximate surface area is 159 Å². The first-order chi connectivity index (χ1) is 12.4. The van der Waals surface area contributed by atoms with E-state index in [1.807, 2.05) is 13.8 Å². The van der Waals surface area contributed by atoms with E-state index in [4.69, 9.17) is 4.74 Å². The fraction of sp³-hybridized carbons (Fsp3) is 0.619. The van der Waals surface area contributed by atoms with Gasteiger partial charge < -0.3 is 24.9 Å². The van der Waals surface area contributed by atoms with Crippen LogP contribution < -0.4 is 4.74 Å². The predicted molar refractivity (Wildman–Crippen MR) is 99.4 cm³/mol. The Hall–Kier alpha value is -2.08. The van der Waals surface area contributed by atoms with Crippen molar-refractivity contribution in [3.63, 3.8) is 0 Å². The lowest BCUT2D eigenvalue weighted by molar-refractivity contribution is -0.119. The molecule has 0 amide bonds. The van der Waals surface area contributed by atoms with Crippen LogP contribution in [0.2, 0.25) is 0 Å². The Kier molecular flexibility index (Phi) is 4.34. The number of hydrogen-bond acceptors (Lipinski definition) is 6. The van der Waals surface area contributed by atoms with Crippen molar-refractivity contribution in [2.75, 3.05) is 7.11 Å². The molecule has 2 aliphatic rings. The maximum atomic E-state index is 13.0. The lowest BCUT2D eigenvalue weighted by atomic mass is 9.49. The van der Waals surface area contributed by atoms with Crippen molar-refractivity contribution in [1.82, 2.24) is 0 Å². The molecule has 0 radical (unpaired) electrons. The van der Waals surface area contributed by atoms with Gasteiger partial charge in [-0.15, -0.1) is 0 Å². The highest BCUT2D eigenvalue weighted by molar-refractivity contribution is 6.06. The SMILES string of the molecule is COc1c(O)c2c(c(O)c1C(C)(C)O)C(=O)C[C@H]1C(C)(C)CCC[C@]21C=O. The van der Waals surface area contributed by atoms with E-state index in [9.17, 15) is 24.9 Å². The van der Waals surface area contributed by atoms with Gasteiger partial charge in [0, 0.05) is 12.0 Å². The Balaban J connectivity index is 2.45. The van der Waals surface area contributed by atoms with Gasteiger partial charge >= 0.3 is 0 Å². The zero-order valence-corrected chi connectivity index (χ0v) is 16.5. The van der Waals surface area contributed by atoms with Gasteiger partial charge in [-0.05, 0) is 38.0 Å². The number of aromatic hydroxyl groups is 2. The van der Waals surface area contributed by atoms with Crippen LogP contribution in [0.4, 0.5) is 0 Å². The lowest BCUT2D eigenvalue weighted by Crippen LogP contribution is -2.52. The van der Waals surface area contributed by atoms with Gasteiger partial charge in [-0.1, -0.05) is 20.3 Å². The van der Waals surface area contributed by atoms with Crippen LogP contribution in [0.15, 0.2) is 0 Å². The van der Waals surface area contributed by atoms with Gasteiger partial charge in [0.15, 0.2) is 17.3 Å². The number of phenolic OH excluding ortho intramolecular Hbond substituents is 2. The molecule has 0 aliphatic heterocycles. The Morgan fingerprint density at radius 1 is 1.19 bits per heavy atom. The quantitative estimate of drug-likeness (QED) is 0.553. The van der Waals surface area contributed by atoms with Crippen LogP contribution in [0.1, 0.15) is 74.9 Å². The molecule has 3 rings (SSSR count). The number of aldehydes is 1. The molecule has 3 N–H and O–H groups in total. The molecule has 6 nitrogen and oxygen atoms in total. The van der Waals surface area contributed by atoms with E-state index in [0.29, 0.717) is 6.42 Å². The highest BCUT2D eigenvalue weighted by Crippen LogP contribution is 2.62. The maximum absolute atomic E-state index is 13.0. The molecule has 2 atom stereocenters. The molecule has 0 unspecified atom stereocenters. The fourth-order valence-electron chi connectivity index (χ4n) is 5.32. The number of phenols is 2. The van der Waals surface area contributed by atoms with E-state index in [0.717, 1.165) is 19.1 Å². The number of rotatable bonds is 3. The lowest BCUT2D eigenvalue weighted by Gasteiger charge is -2.52. The molecule has 0 bridgehead atoms. The van der Waals surface area contributed by atoms with Crippen molar-refractivity contribution in [2.24, 2.45) is 11.3 Å². The molecule has 0 heterocycles. The summed E-state index contributed by atoms with van der Waals surface area (Å²) in [5, 5.41) is 32.5. The predicted octanol–water partition coefficient (Wildman–Crippen LogP) is 3.18. The third-order valence-electron chi connectivity index (χ3n) is 6.54. The number of hydrogen-bond donors (Lipinski definition) is 3. The van der Waals surface area contributed by atoms with Gasteiger partial charge in [0.25, 0.3) is 0 Å². The average molecular weight is 376 g/mol. The van der Waals surface area contributed by atoms with E-state index in [1.165, 1.54) is 21.0 Å². The normalized spacial score (nSPS) is 26.9. The van der Waals surface area contributed by atoms with Gasteiger partial charge in [0.1, 0.15) is 12.0 Å². The first-order valence-electron chi connectivity index (χ1n) is 9.31. The molecule has 0 saturated heterocycles. The van der Waals surface area contributed by atoms with Crippen LogP contribution in [0, 0.1) is 11.3 Å². The third-order valence-corrected chi connectivity index (χ3v) is 6.54. The number of fused-ring (bicyclic) bond motifs is 3. The summed E-state index contributed by atoms with van der Waals surface area (Å²) in [5.41, 5.74) is -2.86. The second-order valence-corrected chi connectivity index (χ2v) is 9.09. The molecular formula is C21H28O6. The highest BCUT2D eigenvalue weighted by Gasteiger charge is 2.57. The van der Waals surface area contributed by atoms with Crippen LogP contribution in [-0.2, 0) is 15.8 Å². The average Bonchev–Trinajstić information content (AvgIpc) is 2.56. The van der Waals surface area contributed by atoms with Crippen LogP contribution in [0.25, 0.3) is 0 Å². The van der Waals surface area contributed by atoms with E-state index >= 15 is 0 Å². The summed E-state index contributed by atoms with van der Waals surface area (Å²) >= 11 is 0. The van der Waals surface area contributed by atoms with Crippen molar-refractivity contribution in [3.8, 4) is 17.2 Å². The van der Waals surface area contributed by atoms with E-state index < -0.39 is 16.8 Å². The molecule has 1 aromatic carbocycles. The minimum absolute atomic E-state index is 0.0517. The number of Topliss-reactive ketones (excluding diaryl/α,β-unsaturated/α-hetero) is 1. The molecule has 6 heteroatoms. The molecular weight excluding hydrogens is 348 g/mol. The number of methoxy groups -OCH3 is 1. The maximum Gasteiger partial charge on any atom is 0.170 e. The van der Waals surface area contributed by atoms with Crippen LogP contribution >= 0.6 is 0 Å². The summed E-state index contributed by atoms with van der Waals surface area (Å²) in [5.74, 6) is -1.47. The van der Waals surface area contributed by atoms with Crippen LogP contribution in [-0.4, -0.2) is 34.5 Å². The van der Waals surface area contributed by atoms with Crippen LogP contribution in [0.3, 0.4) is 0 Å². The first kappa shape index (κ1) is 19.7. The minimum atomic E-state index is -1.56. The summed E-state index contributed by atoms with van der Waals surface area (Å²) in [4.78, 5) is 25.5. The third kappa shape index (κ3) is 2.57. The highest BCUT2D eigenvalue weighted by atomic mass is 16.5. The number of aliphatic hydroxyl groups is 1. The molecule has 1 fully saturated rings. The summed E-state index contributed by atoms with van der Waals surface area (Å²) in [6.07, 6.45) is 3.08. The number of ether oxygens (including phenoxy) is 1. The second kappa shape index (κ2) is 5.96. The van der Waals surface area contributed by atoms with E-state index in [-0.39, 0.29) is 51.7 Å². The van der Waals surface area contributed by atoms with Crippen molar-refractivity contribution < 1.29 is 29.6 Å². The van der Waals surface area contributed by atoms with Gasteiger partial charge in [0.2, 0.25) is 0 Å². The first-order valence-corrected chi connectivity index (χ1v) is 9.31. The molecule has 0 spiro atoms. The van der Waals surface area contributed by atoms with Crippen molar-refractivity contribution in [3.05, 3.63) is 16.7 Å². The molecule has 2 aliphatic carbocycles. The summed E-state index contributed by atoms with van der Waals surface area (Å²) in [6.45, 7) is 6.94. The number of ketones is 1. The van der Waals surface area contributed by atoms with Gasteiger partial charge in [0.05, 0.1) is 29.3 Å². The van der Waals surface area contributed by atoms with Crippen molar-refractivity contribution in [2.45, 2.75) is 64.4 Å². The summed E-state index contributed by atoms with van der Waals surface area (Å²) in [7, 11) is 1.32. The summed E-state index contributed by atoms with van der Waals surface area (Å²) < 4.78 is 5.31. The topological polar surface area (TPSA) is 104 Å². The molecule has 148 valence electrons. The standard InChI is InChI=1S/C21H28O6/c1-19(2)7-6-8-21(10-22)12(19)9-11(23)13-14(21)17(25)18(27-5)15(16(13)24)20(3,4)26/h10,12,24-26H,6-9H2,1-5H3/t12-,21+/m0/s1. The molecule has 0 aromatic heterocycles.